The van der Waals surface area contributed by atoms with E-state index in [0.29, 0.717) is 22.2 Å². The van der Waals surface area contributed by atoms with Gasteiger partial charge in [0.2, 0.25) is 29.5 Å². The van der Waals surface area contributed by atoms with Crippen molar-refractivity contribution in [2.45, 2.75) is 62.3 Å². The Labute approximate surface area is 293 Å². The molecule has 268 valence electrons. The summed E-state index contributed by atoms with van der Waals surface area (Å²) >= 11 is 0. The number of carbonyl (C=O) groups excluding carboxylic acids is 5. The third-order valence-corrected chi connectivity index (χ3v) is 8.14. The first-order valence-corrected chi connectivity index (χ1v) is 15.9. The number of hydrogen-bond donors (Lipinski definition) is 10. The zero-order valence-corrected chi connectivity index (χ0v) is 27.0. The van der Waals surface area contributed by atoms with E-state index in [-0.39, 0.29) is 42.9 Å². The fourth-order valence-corrected chi connectivity index (χ4v) is 5.43. The van der Waals surface area contributed by atoms with Gasteiger partial charge in [-0.3, -0.25) is 24.0 Å². The molecule has 3 heterocycles. The maximum atomic E-state index is 14.1. The molecule has 1 aliphatic heterocycles. The molecule has 5 amide bonds. The minimum atomic E-state index is -2.94. The van der Waals surface area contributed by atoms with Crippen molar-refractivity contribution >= 4 is 46.4 Å². The lowest BCUT2D eigenvalue weighted by molar-refractivity contribution is -0.142. The largest absolute Gasteiger partial charge is 0.508 e. The predicted molar refractivity (Wildman–Crippen MR) is 180 cm³/mol. The summed E-state index contributed by atoms with van der Waals surface area (Å²) in [5.41, 5.74) is 1.49. The minimum Gasteiger partial charge on any atom is -0.508 e. The Morgan fingerprint density at radius 2 is 1.65 bits per heavy atom. The maximum absolute atomic E-state index is 14.1. The number of hydrogen-bond acceptors (Lipinski definition) is 9. The van der Waals surface area contributed by atoms with Crippen molar-refractivity contribution in [3.8, 4) is 5.75 Å². The molecule has 0 saturated carbocycles. The molecule has 0 aliphatic carbocycles. The Morgan fingerprint density at radius 1 is 0.922 bits per heavy atom. The quantitative estimate of drug-likeness (QED) is 0.0673. The number of aromatic hydroxyl groups is 1. The molecule has 4 aromatic rings. The molecule has 0 bridgehead atoms. The van der Waals surface area contributed by atoms with Crippen molar-refractivity contribution in [2.75, 3.05) is 6.61 Å². The number of aromatic nitrogens is 3. The number of amides is 5. The fraction of sp³-hybridized carbons (Fsp3) is 0.324. The van der Waals surface area contributed by atoms with Crippen LogP contribution in [0.2, 0.25) is 0 Å². The van der Waals surface area contributed by atoms with Gasteiger partial charge in [-0.05, 0) is 35.7 Å². The van der Waals surface area contributed by atoms with Crippen LogP contribution in [0.3, 0.4) is 0 Å². The molecule has 0 radical (unpaired) electrons. The molecule has 6 atom stereocenters. The zero-order chi connectivity index (χ0) is 38.3. The molecule has 17 heteroatoms. The summed E-state index contributed by atoms with van der Waals surface area (Å²) in [4.78, 5) is 87.9. The van der Waals surface area contributed by atoms with Gasteiger partial charge in [0.25, 0.3) is 0 Å². The molecule has 1 fully saturated rings. The van der Waals surface area contributed by atoms with Crippen LogP contribution in [-0.4, -0.2) is 103 Å². The third kappa shape index (κ3) is 9.48. The zero-order valence-electron chi connectivity index (χ0n) is 29.0. The lowest BCUT2D eigenvalue weighted by Gasteiger charge is -2.26. The molecule has 1 unspecified atom stereocenters. The van der Waals surface area contributed by atoms with Crippen LogP contribution in [0.4, 0.5) is 0 Å². The van der Waals surface area contributed by atoms with E-state index >= 15 is 0 Å². The molecule has 1 saturated heterocycles. The van der Waals surface area contributed by atoms with Gasteiger partial charge >= 0.3 is 5.97 Å². The number of carboxylic acid groups (broad SMARTS) is 1. The summed E-state index contributed by atoms with van der Waals surface area (Å²) in [7, 11) is 0. The molecule has 10 N–H and O–H groups in total. The van der Waals surface area contributed by atoms with Crippen LogP contribution in [0.1, 0.15) is 32.4 Å². The number of aliphatic hydroxyl groups excluding tert-OH is 1. The van der Waals surface area contributed by atoms with Crippen molar-refractivity contribution in [3.63, 3.8) is 0 Å². The van der Waals surface area contributed by atoms with E-state index < -0.39 is 72.8 Å². The highest BCUT2D eigenvalue weighted by Gasteiger charge is 2.34. The molecule has 2 aromatic heterocycles. The number of nitrogens with zero attached hydrogens (tertiary/aromatic N) is 1. The highest BCUT2D eigenvalue weighted by molar-refractivity contribution is 5.97. The van der Waals surface area contributed by atoms with Gasteiger partial charge in [-0.2, -0.15) is 0 Å². The van der Waals surface area contributed by atoms with Crippen molar-refractivity contribution in [3.05, 3.63) is 84.1 Å². The van der Waals surface area contributed by atoms with Crippen LogP contribution in [0, 0.1) is 0 Å². The van der Waals surface area contributed by atoms with Crippen molar-refractivity contribution < 1.29 is 46.8 Å². The number of carbonyl (C=O) groups is 6. The van der Waals surface area contributed by atoms with Gasteiger partial charge in [-0.1, -0.05) is 30.3 Å². The van der Waals surface area contributed by atoms with Crippen molar-refractivity contribution in [1.82, 2.24) is 41.5 Å². The third-order valence-electron chi connectivity index (χ3n) is 8.14. The summed E-state index contributed by atoms with van der Waals surface area (Å²) in [6.45, 7) is -1.06. The first-order valence-electron chi connectivity index (χ1n) is 17.0. The number of imidazole rings is 1. The number of aromatic amines is 2. The number of para-hydroxylation sites is 1. The molecule has 1 aliphatic rings. The van der Waals surface area contributed by atoms with Gasteiger partial charge in [-0.15, -0.1) is 0 Å². The van der Waals surface area contributed by atoms with Gasteiger partial charge in [0.1, 0.15) is 35.9 Å². The smallest absolute Gasteiger partial charge is 0.326 e. The Kier molecular flexibility index (Phi) is 10.7. The van der Waals surface area contributed by atoms with Crippen LogP contribution in [-0.2, 0) is 48.0 Å². The number of carboxylic acids is 1. The number of nitrogens with one attached hydrogen (secondary N) is 7. The Hall–Kier alpha value is -6.23. The lowest BCUT2D eigenvalue weighted by Crippen LogP contribution is -2.60. The van der Waals surface area contributed by atoms with E-state index in [0.717, 1.165) is 0 Å². The molecule has 2 aromatic carbocycles. The second kappa shape index (κ2) is 16.4. The first kappa shape index (κ1) is 33.3. The first-order chi connectivity index (χ1) is 25.3. The molecular weight excluding hydrogens is 664 g/mol. The average Bonchev–Trinajstić information content (AvgIpc) is 3.92. The van der Waals surface area contributed by atoms with E-state index in [2.05, 4.69) is 41.5 Å². The van der Waals surface area contributed by atoms with E-state index in [1.165, 1.54) is 43.0 Å². The standard InChI is InChI=1S/C34H38N8O9/c43-16-28(33(49)41-27(34(50)51)11-18-5-7-21(44)8-6-18)42-31(47)25(12-19-14-36-23-4-2-1-3-22(19)23)39-32(48)26(13-20-15-35-17-37-20)40-30(46)24-9-10-29(45)38-24/h1-8,14-15,17,24-28,36,43-44H,9-13,16H2,(H,35,37)(H,38,45)(H,39,48)(H,40,46)(H,41,49)(H,42,47)(H,50,51)/t24-,25-,26-,27-,28-/m0/s1/i12T,25T/t12?,24-,25-,26-,27-,28-. The van der Waals surface area contributed by atoms with Crippen molar-refractivity contribution in [2.24, 2.45) is 0 Å². The number of aliphatic carboxylic acids is 1. The van der Waals surface area contributed by atoms with Gasteiger partial charge in [0.05, 0.1) is 14.3 Å². The highest BCUT2D eigenvalue weighted by Crippen LogP contribution is 2.20. The SMILES string of the molecule is [3H]C(c1c[nH]c2ccccc12)[C@]([3H])(NC(=O)[C@H](Cc1cnc[nH]1)NC(=O)[C@@H]1CCC(=O)N1)C(=O)N[C@@H](CO)C(=O)N[C@@H](Cc1ccc(O)cc1)C(=O)O. The second-order valence-electron chi connectivity index (χ2n) is 11.8. The van der Waals surface area contributed by atoms with Gasteiger partial charge in [0, 0.05) is 56.0 Å². The Bertz CT molecular complexity index is 1970. The number of aliphatic hydroxyl groups is 1. The summed E-state index contributed by atoms with van der Waals surface area (Å²) in [6, 6.07) is 3.55. The Balaban J connectivity index is 1.42. The number of phenols is 1. The highest BCUT2D eigenvalue weighted by atomic mass is 16.4. The van der Waals surface area contributed by atoms with Gasteiger partial charge < -0.3 is 51.9 Å². The summed E-state index contributed by atoms with van der Waals surface area (Å²) < 4.78 is 18.5. The van der Waals surface area contributed by atoms with Crippen molar-refractivity contribution in [1.29, 1.82) is 0 Å². The summed E-state index contributed by atoms with van der Waals surface area (Å²) in [5, 5.41) is 41.7. The summed E-state index contributed by atoms with van der Waals surface area (Å²) in [5.74, 6) is -6.19. The van der Waals surface area contributed by atoms with Crippen LogP contribution >= 0.6 is 0 Å². The number of phenolic OH excluding ortho intramolecular Hbond substituents is 1. The van der Waals surface area contributed by atoms with E-state index in [9.17, 15) is 45.5 Å². The molecular formula is C34H38N8O9. The molecule has 17 nitrogen and oxygen atoms in total. The Morgan fingerprint density at radius 3 is 2.31 bits per heavy atom. The number of rotatable bonds is 16. The van der Waals surface area contributed by atoms with Crippen LogP contribution in [0.15, 0.2) is 67.3 Å². The van der Waals surface area contributed by atoms with Gasteiger partial charge in [-0.25, -0.2) is 9.78 Å². The van der Waals surface area contributed by atoms with Crippen LogP contribution in [0.5, 0.6) is 5.75 Å². The number of H-pyrrole nitrogens is 2. The predicted octanol–water partition coefficient (Wildman–Crippen LogP) is -1.08. The molecule has 5 rings (SSSR count). The van der Waals surface area contributed by atoms with E-state index in [1.54, 1.807) is 24.3 Å². The topological polar surface area (TPSA) is 268 Å². The van der Waals surface area contributed by atoms with Crippen LogP contribution in [0.25, 0.3) is 10.9 Å². The lowest BCUT2D eigenvalue weighted by atomic mass is 10.0. The maximum Gasteiger partial charge on any atom is 0.326 e. The molecule has 0 spiro atoms. The molecule has 51 heavy (non-hydrogen) atoms. The summed E-state index contributed by atoms with van der Waals surface area (Å²) in [6.07, 6.45) is 2.06. The number of fused-ring (bicyclic) bond motifs is 1. The van der Waals surface area contributed by atoms with Gasteiger partial charge in [0.15, 0.2) is 0 Å². The monoisotopic (exact) mass is 706 g/mol. The fourth-order valence-electron chi connectivity index (χ4n) is 5.43. The normalized spacial score (nSPS) is 18.1. The van der Waals surface area contributed by atoms with Crippen LogP contribution < -0.4 is 26.6 Å². The number of benzene rings is 2. The van der Waals surface area contributed by atoms with E-state index in [1.807, 2.05) is 0 Å². The van der Waals surface area contributed by atoms with E-state index in [4.69, 9.17) is 1.37 Å². The minimum absolute atomic E-state index is 0.0589. The second-order valence-corrected chi connectivity index (χ2v) is 11.8. The average molecular weight is 707 g/mol.